The van der Waals surface area contributed by atoms with E-state index in [-0.39, 0.29) is 24.7 Å². The van der Waals surface area contributed by atoms with Gasteiger partial charge in [-0.05, 0) is 43.5 Å². The topological polar surface area (TPSA) is 58.6 Å². The van der Waals surface area contributed by atoms with E-state index in [0.29, 0.717) is 11.7 Å². The summed E-state index contributed by atoms with van der Waals surface area (Å²) in [6, 6.07) is 10.1. The van der Waals surface area contributed by atoms with E-state index in [1.54, 1.807) is 0 Å². The Kier molecular flexibility index (Phi) is 7.68. The summed E-state index contributed by atoms with van der Waals surface area (Å²) in [4.78, 5) is 25.4. The number of likely N-dealkylation sites (tertiary alicyclic amines) is 1. The third-order valence-electron chi connectivity index (χ3n) is 3.91. The van der Waals surface area contributed by atoms with E-state index in [2.05, 4.69) is 17.4 Å². The fourth-order valence-corrected chi connectivity index (χ4v) is 2.87. The van der Waals surface area contributed by atoms with Crippen molar-refractivity contribution >= 4 is 29.2 Å². The standard InChI is InChI=1S/C18H24N2O3S/c21-16(19-18(24)20-12-4-5-13-20)10-11-17(22)23-14-6-9-15-7-2-1-3-8-15/h1-3,7-8H,4-6,9-14H2,(H,19,21,24). The Morgan fingerprint density at radius 1 is 1.12 bits per heavy atom. The van der Waals surface area contributed by atoms with Crippen LogP contribution in [0, 0.1) is 0 Å². The number of aryl methyl sites for hydroxylation is 1. The summed E-state index contributed by atoms with van der Waals surface area (Å²) in [5.41, 5.74) is 1.23. The van der Waals surface area contributed by atoms with Gasteiger partial charge in [0.25, 0.3) is 0 Å². The molecule has 130 valence electrons. The summed E-state index contributed by atoms with van der Waals surface area (Å²) in [5, 5.41) is 3.14. The third kappa shape index (κ3) is 6.66. The van der Waals surface area contributed by atoms with Gasteiger partial charge in [-0.25, -0.2) is 0 Å². The molecule has 5 nitrogen and oxygen atoms in total. The maximum Gasteiger partial charge on any atom is 0.306 e. The number of ether oxygens (including phenoxy) is 1. The minimum Gasteiger partial charge on any atom is -0.466 e. The lowest BCUT2D eigenvalue weighted by atomic mass is 10.1. The summed E-state index contributed by atoms with van der Waals surface area (Å²) >= 11 is 5.18. The lowest BCUT2D eigenvalue weighted by Gasteiger charge is -2.18. The van der Waals surface area contributed by atoms with Gasteiger partial charge in [0.1, 0.15) is 0 Å². The van der Waals surface area contributed by atoms with Gasteiger partial charge in [-0.3, -0.25) is 9.59 Å². The second-order valence-corrected chi connectivity index (χ2v) is 6.24. The third-order valence-corrected chi connectivity index (χ3v) is 4.27. The average Bonchev–Trinajstić information content (AvgIpc) is 3.12. The normalized spacial score (nSPS) is 13.6. The van der Waals surface area contributed by atoms with E-state index < -0.39 is 0 Å². The smallest absolute Gasteiger partial charge is 0.306 e. The highest BCUT2D eigenvalue weighted by atomic mass is 32.1. The largest absolute Gasteiger partial charge is 0.466 e. The van der Waals surface area contributed by atoms with Gasteiger partial charge in [0.05, 0.1) is 13.0 Å². The molecule has 0 atom stereocenters. The second-order valence-electron chi connectivity index (χ2n) is 5.86. The van der Waals surface area contributed by atoms with Crippen molar-refractivity contribution in [2.45, 2.75) is 38.5 Å². The number of carbonyl (C=O) groups is 2. The molecule has 1 aromatic carbocycles. The van der Waals surface area contributed by atoms with Gasteiger partial charge in [-0.2, -0.15) is 0 Å². The number of amides is 1. The highest BCUT2D eigenvalue weighted by Gasteiger charge is 2.17. The molecule has 0 saturated carbocycles. The average molecular weight is 348 g/mol. The van der Waals surface area contributed by atoms with Crippen LogP contribution >= 0.6 is 12.2 Å². The monoisotopic (exact) mass is 348 g/mol. The first-order chi connectivity index (χ1) is 11.6. The Hall–Kier alpha value is -1.95. The zero-order chi connectivity index (χ0) is 17.2. The van der Waals surface area contributed by atoms with E-state index in [1.165, 1.54) is 5.56 Å². The zero-order valence-corrected chi connectivity index (χ0v) is 14.6. The summed E-state index contributed by atoms with van der Waals surface area (Å²) in [6.45, 7) is 2.16. The van der Waals surface area contributed by atoms with Crippen LogP contribution in [-0.2, 0) is 20.7 Å². The summed E-state index contributed by atoms with van der Waals surface area (Å²) in [6.07, 6.45) is 4.04. The van der Waals surface area contributed by atoms with Crippen molar-refractivity contribution in [3.05, 3.63) is 35.9 Å². The molecule has 1 N–H and O–H groups in total. The van der Waals surface area contributed by atoms with Gasteiger partial charge < -0.3 is 15.0 Å². The number of nitrogens with zero attached hydrogens (tertiary/aromatic N) is 1. The number of benzene rings is 1. The molecule has 1 fully saturated rings. The van der Waals surface area contributed by atoms with E-state index in [1.807, 2.05) is 23.1 Å². The van der Waals surface area contributed by atoms with Crippen LogP contribution in [-0.4, -0.2) is 41.6 Å². The molecule has 0 aliphatic carbocycles. The Bertz CT molecular complexity index is 557. The first-order valence-corrected chi connectivity index (χ1v) is 8.84. The fourth-order valence-electron chi connectivity index (χ4n) is 2.58. The Morgan fingerprint density at radius 2 is 1.83 bits per heavy atom. The Balaban J connectivity index is 1.54. The second kappa shape index (κ2) is 10.0. The zero-order valence-electron chi connectivity index (χ0n) is 13.8. The number of esters is 1. The van der Waals surface area contributed by atoms with Gasteiger partial charge in [-0.1, -0.05) is 30.3 Å². The molecule has 6 heteroatoms. The minimum atomic E-state index is -0.342. The molecular weight excluding hydrogens is 324 g/mol. The molecular formula is C18H24N2O3S. The van der Waals surface area contributed by atoms with Crippen molar-refractivity contribution in [1.82, 2.24) is 10.2 Å². The molecule has 1 heterocycles. The number of nitrogens with one attached hydrogen (secondary N) is 1. The highest BCUT2D eigenvalue weighted by Crippen LogP contribution is 2.07. The van der Waals surface area contributed by atoms with Crippen LogP contribution < -0.4 is 5.32 Å². The lowest BCUT2D eigenvalue weighted by Crippen LogP contribution is -2.41. The van der Waals surface area contributed by atoms with E-state index in [9.17, 15) is 9.59 Å². The maximum absolute atomic E-state index is 11.8. The summed E-state index contributed by atoms with van der Waals surface area (Å²) < 4.78 is 5.16. The minimum absolute atomic E-state index is 0.0831. The number of hydrogen-bond acceptors (Lipinski definition) is 4. The molecule has 0 radical (unpaired) electrons. The number of thiocarbonyl (C=S) groups is 1. The van der Waals surface area contributed by atoms with Crippen molar-refractivity contribution < 1.29 is 14.3 Å². The molecule has 0 spiro atoms. The Labute approximate surface area is 148 Å². The van der Waals surface area contributed by atoms with Gasteiger partial charge in [0, 0.05) is 19.5 Å². The number of rotatable bonds is 7. The molecule has 1 aliphatic rings. The summed E-state index contributed by atoms with van der Waals surface area (Å²) in [7, 11) is 0. The lowest BCUT2D eigenvalue weighted by molar-refractivity contribution is -0.145. The van der Waals surface area contributed by atoms with E-state index in [4.69, 9.17) is 17.0 Å². The van der Waals surface area contributed by atoms with E-state index in [0.717, 1.165) is 38.8 Å². The highest BCUT2D eigenvalue weighted by molar-refractivity contribution is 7.80. The molecule has 1 aromatic rings. The van der Waals surface area contributed by atoms with Crippen LogP contribution in [0.2, 0.25) is 0 Å². The Morgan fingerprint density at radius 3 is 2.54 bits per heavy atom. The van der Waals surface area contributed by atoms with Crippen LogP contribution in [0.4, 0.5) is 0 Å². The molecule has 1 aliphatic heterocycles. The molecule has 2 rings (SSSR count). The molecule has 24 heavy (non-hydrogen) atoms. The van der Waals surface area contributed by atoms with Crippen LogP contribution in [0.3, 0.4) is 0 Å². The quantitative estimate of drug-likeness (QED) is 0.466. The van der Waals surface area contributed by atoms with E-state index >= 15 is 0 Å². The number of carbonyl (C=O) groups excluding carboxylic acids is 2. The SMILES string of the molecule is O=C(CCC(=O)OCCCc1ccccc1)NC(=S)N1CCCC1. The van der Waals surface area contributed by atoms with Gasteiger partial charge in [-0.15, -0.1) is 0 Å². The van der Waals surface area contributed by atoms with Crippen molar-refractivity contribution in [3.63, 3.8) is 0 Å². The molecule has 1 saturated heterocycles. The van der Waals surface area contributed by atoms with Crippen molar-refractivity contribution in [1.29, 1.82) is 0 Å². The van der Waals surface area contributed by atoms with Crippen LogP contribution in [0.25, 0.3) is 0 Å². The summed E-state index contributed by atoms with van der Waals surface area (Å²) in [5.74, 6) is -0.571. The van der Waals surface area contributed by atoms with Crippen LogP contribution in [0.1, 0.15) is 37.7 Å². The molecule has 0 unspecified atom stereocenters. The van der Waals surface area contributed by atoms with Gasteiger partial charge in [0.2, 0.25) is 5.91 Å². The van der Waals surface area contributed by atoms with Gasteiger partial charge in [0.15, 0.2) is 5.11 Å². The molecule has 0 bridgehead atoms. The first-order valence-electron chi connectivity index (χ1n) is 8.43. The van der Waals surface area contributed by atoms with Crippen LogP contribution in [0.15, 0.2) is 30.3 Å². The van der Waals surface area contributed by atoms with Crippen molar-refractivity contribution in [2.75, 3.05) is 19.7 Å². The van der Waals surface area contributed by atoms with Crippen molar-refractivity contribution in [3.8, 4) is 0 Å². The predicted molar refractivity (Wildman–Crippen MR) is 96.5 cm³/mol. The van der Waals surface area contributed by atoms with Gasteiger partial charge >= 0.3 is 5.97 Å². The molecule has 0 aromatic heterocycles. The molecule has 1 amide bonds. The first kappa shape index (κ1) is 18.4. The fraction of sp³-hybridized carbons (Fsp3) is 0.500. The van der Waals surface area contributed by atoms with Crippen LogP contribution in [0.5, 0.6) is 0 Å². The predicted octanol–water partition coefficient (Wildman–Crippen LogP) is 2.44. The number of hydrogen-bond donors (Lipinski definition) is 1. The maximum atomic E-state index is 11.8. The van der Waals surface area contributed by atoms with Crippen molar-refractivity contribution in [2.24, 2.45) is 0 Å².